The largest absolute Gasteiger partial charge is 0.497 e. The number of amides is 1. The summed E-state index contributed by atoms with van der Waals surface area (Å²) in [5.74, 6) is 2.07. The molecule has 0 aliphatic rings. The van der Waals surface area contributed by atoms with Crippen molar-refractivity contribution in [2.75, 3.05) is 12.4 Å². The smallest absolute Gasteiger partial charge is 0.277 e. The number of carbonyl (C=O) groups excluding carboxylic acids is 1. The van der Waals surface area contributed by atoms with E-state index in [1.54, 1.807) is 7.11 Å². The number of hydrogen-bond donors (Lipinski definition) is 1. The lowest BCUT2D eigenvalue weighted by Gasteiger charge is -2.11. The third-order valence-electron chi connectivity index (χ3n) is 5.65. The Morgan fingerprint density at radius 1 is 1.00 bits per heavy atom. The van der Waals surface area contributed by atoms with Crippen molar-refractivity contribution in [1.82, 2.24) is 19.7 Å². The molecule has 186 valence electrons. The van der Waals surface area contributed by atoms with Gasteiger partial charge in [0.2, 0.25) is 5.89 Å². The van der Waals surface area contributed by atoms with Crippen molar-refractivity contribution < 1.29 is 13.9 Å². The van der Waals surface area contributed by atoms with Crippen molar-refractivity contribution >= 4 is 23.4 Å². The summed E-state index contributed by atoms with van der Waals surface area (Å²) in [7, 11) is 1.64. The molecule has 2 aromatic heterocycles. The monoisotopic (exact) mass is 511 g/mol. The lowest BCUT2D eigenvalue weighted by atomic mass is 10.1. The molecule has 0 bridgehead atoms. The molecule has 1 N–H and O–H groups in total. The molecule has 3 aromatic carbocycles. The number of rotatable bonds is 9. The summed E-state index contributed by atoms with van der Waals surface area (Å²) >= 11 is 1.44. The Kier molecular flexibility index (Phi) is 7.32. The summed E-state index contributed by atoms with van der Waals surface area (Å²) < 4.78 is 12.9. The summed E-state index contributed by atoms with van der Waals surface area (Å²) in [5.41, 5.74) is 4.10. The van der Waals surface area contributed by atoms with Crippen molar-refractivity contribution in [3.05, 3.63) is 114 Å². The van der Waals surface area contributed by atoms with E-state index < -0.39 is 0 Å². The number of hydrogen-bond acceptors (Lipinski definition) is 7. The molecule has 5 rings (SSSR count). The van der Waals surface area contributed by atoms with Crippen LogP contribution in [-0.4, -0.2) is 32.8 Å². The Morgan fingerprint density at radius 3 is 2.49 bits per heavy atom. The highest BCUT2D eigenvalue weighted by atomic mass is 32.2. The Labute approximate surface area is 218 Å². The number of aromatic nitrogens is 4. The second-order valence-corrected chi connectivity index (χ2v) is 9.27. The molecule has 8 nitrogen and oxygen atoms in total. The third kappa shape index (κ3) is 5.90. The van der Waals surface area contributed by atoms with Crippen molar-refractivity contribution in [1.29, 1.82) is 0 Å². The molecule has 0 aliphatic heterocycles. The molecule has 37 heavy (non-hydrogen) atoms. The van der Waals surface area contributed by atoms with Crippen LogP contribution in [0.15, 0.2) is 94.7 Å². The summed E-state index contributed by atoms with van der Waals surface area (Å²) in [4.78, 5) is 16.9. The minimum atomic E-state index is -0.324. The van der Waals surface area contributed by atoms with Gasteiger partial charge in [0.05, 0.1) is 12.9 Å². The molecule has 5 aromatic rings. The molecule has 0 saturated heterocycles. The number of benzene rings is 3. The van der Waals surface area contributed by atoms with Gasteiger partial charge in [-0.1, -0.05) is 59.8 Å². The predicted molar refractivity (Wildman–Crippen MR) is 142 cm³/mol. The van der Waals surface area contributed by atoms with Crippen LogP contribution in [0.1, 0.15) is 33.3 Å². The number of nitrogens with one attached hydrogen (secondary N) is 1. The van der Waals surface area contributed by atoms with E-state index in [4.69, 9.17) is 9.15 Å². The van der Waals surface area contributed by atoms with Crippen LogP contribution in [0, 0.1) is 6.92 Å². The Hall–Kier alpha value is -4.37. The molecule has 0 unspecified atom stereocenters. The van der Waals surface area contributed by atoms with Gasteiger partial charge in [-0.3, -0.25) is 9.36 Å². The lowest BCUT2D eigenvalue weighted by Crippen LogP contribution is -2.12. The van der Waals surface area contributed by atoms with Gasteiger partial charge in [-0.15, -0.1) is 10.2 Å². The summed E-state index contributed by atoms with van der Waals surface area (Å²) in [6, 6.07) is 25.5. The van der Waals surface area contributed by atoms with Crippen LogP contribution >= 0.6 is 11.8 Å². The fourth-order valence-corrected chi connectivity index (χ4v) is 4.54. The molecule has 2 heterocycles. The molecule has 1 amide bonds. The van der Waals surface area contributed by atoms with E-state index in [1.807, 2.05) is 78.2 Å². The maximum Gasteiger partial charge on any atom is 0.277 e. The van der Waals surface area contributed by atoms with E-state index in [9.17, 15) is 4.79 Å². The topological polar surface area (TPSA) is 95.1 Å². The minimum Gasteiger partial charge on any atom is -0.497 e. The lowest BCUT2D eigenvalue weighted by molar-refractivity contribution is 0.102. The van der Waals surface area contributed by atoms with E-state index in [2.05, 4.69) is 32.6 Å². The predicted octanol–water partition coefficient (Wildman–Crippen LogP) is 5.71. The highest BCUT2D eigenvalue weighted by molar-refractivity contribution is 7.98. The number of oxazole rings is 1. The van der Waals surface area contributed by atoms with E-state index in [1.165, 1.54) is 18.0 Å². The number of ether oxygens (including phenoxy) is 1. The van der Waals surface area contributed by atoms with Gasteiger partial charge in [-0.05, 0) is 48.9 Å². The van der Waals surface area contributed by atoms with Gasteiger partial charge in [0.15, 0.2) is 10.9 Å². The molecule has 0 spiro atoms. The zero-order valence-corrected chi connectivity index (χ0v) is 21.2. The van der Waals surface area contributed by atoms with Crippen molar-refractivity contribution in [2.45, 2.75) is 24.3 Å². The van der Waals surface area contributed by atoms with Gasteiger partial charge in [0, 0.05) is 17.8 Å². The van der Waals surface area contributed by atoms with Crippen molar-refractivity contribution in [3.8, 4) is 11.4 Å². The highest BCUT2D eigenvalue weighted by Gasteiger charge is 2.18. The van der Waals surface area contributed by atoms with Gasteiger partial charge in [-0.2, -0.15) is 0 Å². The first-order chi connectivity index (χ1) is 18.1. The first-order valence-corrected chi connectivity index (χ1v) is 12.7. The van der Waals surface area contributed by atoms with E-state index >= 15 is 0 Å². The van der Waals surface area contributed by atoms with Gasteiger partial charge < -0.3 is 14.5 Å². The minimum absolute atomic E-state index is 0.220. The van der Waals surface area contributed by atoms with Crippen molar-refractivity contribution in [2.24, 2.45) is 0 Å². The first kappa shape index (κ1) is 24.3. The number of carbonyl (C=O) groups is 1. The number of aryl methyl sites for hydroxylation is 1. The van der Waals surface area contributed by atoms with Crippen LogP contribution in [0.5, 0.6) is 5.75 Å². The molecule has 0 saturated carbocycles. The van der Waals surface area contributed by atoms with E-state index in [0.717, 1.165) is 28.4 Å². The molecule has 0 radical (unpaired) electrons. The van der Waals surface area contributed by atoms with Crippen LogP contribution in [0.2, 0.25) is 0 Å². The first-order valence-electron chi connectivity index (χ1n) is 11.7. The standard InChI is InChI=1S/C28H25N5O3S/c1-19-8-10-21(11-9-19)29-27(34)24-17-36-26(30-24)18-37-28-32-31-25(16-20-6-4-3-5-7-20)33(28)22-12-14-23(35-2)15-13-22/h3-15,17H,16,18H2,1-2H3,(H,29,34). The maximum atomic E-state index is 12.6. The Balaban J connectivity index is 1.33. The number of methoxy groups -OCH3 is 1. The van der Waals surface area contributed by atoms with Crippen LogP contribution in [0.4, 0.5) is 5.69 Å². The summed E-state index contributed by atoms with van der Waals surface area (Å²) in [6.45, 7) is 1.99. The number of thioether (sulfide) groups is 1. The quantitative estimate of drug-likeness (QED) is 0.253. The second-order valence-electron chi connectivity index (χ2n) is 8.33. The van der Waals surface area contributed by atoms with Crippen LogP contribution < -0.4 is 10.1 Å². The molecular formula is C28H25N5O3S. The van der Waals surface area contributed by atoms with E-state index in [-0.39, 0.29) is 11.6 Å². The molecular weight excluding hydrogens is 486 g/mol. The third-order valence-corrected chi connectivity index (χ3v) is 6.57. The summed E-state index contributed by atoms with van der Waals surface area (Å²) in [5, 5.41) is 12.5. The average molecular weight is 512 g/mol. The number of anilines is 1. The van der Waals surface area contributed by atoms with Crippen LogP contribution in [0.25, 0.3) is 5.69 Å². The fourth-order valence-electron chi connectivity index (χ4n) is 3.72. The van der Waals surface area contributed by atoms with Gasteiger partial charge in [-0.25, -0.2) is 4.98 Å². The normalized spacial score (nSPS) is 10.9. The van der Waals surface area contributed by atoms with Crippen molar-refractivity contribution in [3.63, 3.8) is 0 Å². The fraction of sp³-hybridized carbons (Fsp3) is 0.143. The SMILES string of the molecule is COc1ccc(-n2c(Cc3ccccc3)nnc2SCc2nc(C(=O)Nc3ccc(C)cc3)co2)cc1. The number of nitrogens with zero attached hydrogens (tertiary/aromatic N) is 4. The molecule has 0 aliphatic carbocycles. The zero-order chi connectivity index (χ0) is 25.6. The molecule has 9 heteroatoms. The van der Waals surface area contributed by atoms with Crippen LogP contribution in [0.3, 0.4) is 0 Å². The summed E-state index contributed by atoms with van der Waals surface area (Å²) in [6.07, 6.45) is 2.00. The average Bonchev–Trinajstić information content (AvgIpc) is 3.57. The van der Waals surface area contributed by atoms with E-state index in [0.29, 0.717) is 28.9 Å². The van der Waals surface area contributed by atoms with Gasteiger partial charge in [0.25, 0.3) is 5.91 Å². The Bertz CT molecular complexity index is 1480. The maximum absolute atomic E-state index is 12.6. The van der Waals surface area contributed by atoms with Gasteiger partial charge >= 0.3 is 0 Å². The molecule has 0 atom stereocenters. The highest BCUT2D eigenvalue weighted by Crippen LogP contribution is 2.27. The van der Waals surface area contributed by atoms with Crippen LogP contribution in [-0.2, 0) is 12.2 Å². The zero-order valence-electron chi connectivity index (χ0n) is 20.4. The Morgan fingerprint density at radius 2 is 1.76 bits per heavy atom. The van der Waals surface area contributed by atoms with Gasteiger partial charge in [0.1, 0.15) is 17.8 Å². The molecule has 0 fully saturated rings. The second kappa shape index (κ2) is 11.1.